The number of nitrogens with one attached hydrogen (secondary N) is 3. The van der Waals surface area contributed by atoms with Crippen LogP contribution in [0, 0.1) is 0 Å². The molecule has 0 bridgehead atoms. The maximum atomic E-state index is 11.6. The number of aryl methyl sites for hydroxylation is 2. The third-order valence-electron chi connectivity index (χ3n) is 5.74. The number of hydrogen-bond donors (Lipinski definition) is 4. The number of aliphatic hydroxyl groups excluding tert-OH is 1. The highest BCUT2D eigenvalue weighted by Gasteiger charge is 2.20. The van der Waals surface area contributed by atoms with Crippen LogP contribution in [0.3, 0.4) is 0 Å². The van der Waals surface area contributed by atoms with Crippen LogP contribution < -0.4 is 16.0 Å². The summed E-state index contributed by atoms with van der Waals surface area (Å²) in [7, 11) is 0. The molecule has 1 aliphatic heterocycles. The Labute approximate surface area is 201 Å². The number of fused-ring (bicyclic) bond motifs is 1. The minimum absolute atomic E-state index is 0.0250. The summed E-state index contributed by atoms with van der Waals surface area (Å²) in [6.07, 6.45) is 3.36. The number of aliphatic hydroxyl groups is 1. The van der Waals surface area contributed by atoms with Gasteiger partial charge in [-0.1, -0.05) is 37.3 Å². The van der Waals surface area contributed by atoms with Crippen molar-refractivity contribution in [1.29, 1.82) is 0 Å². The molecule has 2 aromatic heterocycles. The number of anilines is 4. The van der Waals surface area contributed by atoms with Gasteiger partial charge in [-0.2, -0.15) is 4.98 Å². The first kappa shape index (κ1) is 22.5. The Bertz CT molecular complexity index is 1340. The van der Waals surface area contributed by atoms with Crippen LogP contribution in [-0.4, -0.2) is 37.8 Å². The first-order chi connectivity index (χ1) is 17.1. The minimum Gasteiger partial charge on any atom is -0.421 e. The number of hydrogen-bond acceptors (Lipinski definition) is 9. The number of nitrogens with zero attached hydrogens (tertiary/aromatic N) is 4. The van der Waals surface area contributed by atoms with Crippen LogP contribution in [0.4, 0.5) is 23.1 Å². The molecule has 0 spiro atoms. The molecule has 0 saturated heterocycles. The molecular formula is C25H25N7O3. The van der Waals surface area contributed by atoms with E-state index in [0.29, 0.717) is 48.4 Å². The van der Waals surface area contributed by atoms with Crippen molar-refractivity contribution in [1.82, 2.24) is 20.2 Å². The second-order valence-corrected chi connectivity index (χ2v) is 8.15. The fraction of sp³-hybridized carbons (Fsp3) is 0.240. The number of rotatable bonds is 8. The maximum Gasteiger partial charge on any atom is 0.253 e. The highest BCUT2D eigenvalue weighted by atomic mass is 16.4. The first-order valence-electron chi connectivity index (χ1n) is 11.4. The molecule has 10 heteroatoms. The summed E-state index contributed by atoms with van der Waals surface area (Å²) < 4.78 is 5.75. The molecule has 0 unspecified atom stereocenters. The summed E-state index contributed by atoms with van der Waals surface area (Å²) in [5.41, 5.74) is 4.11. The predicted molar refractivity (Wildman–Crippen MR) is 131 cm³/mol. The normalized spacial score (nSPS) is 13.6. The van der Waals surface area contributed by atoms with E-state index in [2.05, 4.69) is 36.1 Å². The van der Waals surface area contributed by atoms with Gasteiger partial charge < -0.3 is 25.5 Å². The van der Waals surface area contributed by atoms with Gasteiger partial charge in [0.15, 0.2) is 0 Å². The monoisotopic (exact) mass is 471 g/mol. The van der Waals surface area contributed by atoms with E-state index in [9.17, 15) is 9.90 Å². The number of carbonyl (C=O) groups is 1. The van der Waals surface area contributed by atoms with Gasteiger partial charge in [0.2, 0.25) is 17.7 Å². The van der Waals surface area contributed by atoms with Gasteiger partial charge in [0.1, 0.15) is 5.82 Å². The molecule has 0 fully saturated rings. The second kappa shape index (κ2) is 9.90. The van der Waals surface area contributed by atoms with Crippen LogP contribution >= 0.6 is 0 Å². The lowest BCUT2D eigenvalue weighted by atomic mass is 10.0. The van der Waals surface area contributed by atoms with Crippen LogP contribution in [0.1, 0.15) is 36.4 Å². The molecule has 3 heterocycles. The van der Waals surface area contributed by atoms with Crippen molar-refractivity contribution in [2.75, 3.05) is 22.6 Å². The van der Waals surface area contributed by atoms with Crippen LogP contribution in [0.15, 0.2) is 59.1 Å². The third-order valence-corrected chi connectivity index (χ3v) is 5.74. The maximum absolute atomic E-state index is 11.6. The average molecular weight is 472 g/mol. The molecule has 35 heavy (non-hydrogen) atoms. The summed E-state index contributed by atoms with van der Waals surface area (Å²) >= 11 is 0. The van der Waals surface area contributed by atoms with E-state index in [1.807, 2.05) is 55.5 Å². The van der Waals surface area contributed by atoms with Gasteiger partial charge in [0.05, 0.1) is 18.2 Å². The zero-order valence-electron chi connectivity index (χ0n) is 19.2. The van der Waals surface area contributed by atoms with Crippen molar-refractivity contribution in [3.63, 3.8) is 0 Å². The Morgan fingerprint density at radius 2 is 2.00 bits per heavy atom. The molecule has 5 rings (SSSR count). The SMILES string of the molecule is CCc1nnc(-c2cnc(Nc3ccc4c(c3)CCC(=O)N4)nc2N[C@H](CO)c2ccccc2)o1. The smallest absolute Gasteiger partial charge is 0.253 e. The van der Waals surface area contributed by atoms with Crippen LogP contribution in [-0.2, 0) is 17.6 Å². The average Bonchev–Trinajstić information content (AvgIpc) is 3.37. The molecule has 1 amide bonds. The zero-order chi connectivity index (χ0) is 24.2. The van der Waals surface area contributed by atoms with E-state index in [1.54, 1.807) is 6.20 Å². The van der Waals surface area contributed by atoms with E-state index in [4.69, 9.17) is 4.42 Å². The van der Waals surface area contributed by atoms with E-state index < -0.39 is 6.04 Å². The van der Waals surface area contributed by atoms with Crippen molar-refractivity contribution >= 4 is 29.0 Å². The summed E-state index contributed by atoms with van der Waals surface area (Å²) in [6.45, 7) is 1.79. The van der Waals surface area contributed by atoms with Gasteiger partial charge in [0.25, 0.3) is 5.89 Å². The molecule has 4 N–H and O–H groups in total. The van der Waals surface area contributed by atoms with Crippen molar-refractivity contribution in [3.05, 3.63) is 71.7 Å². The topological polar surface area (TPSA) is 138 Å². The molecule has 1 atom stereocenters. The van der Waals surface area contributed by atoms with Crippen LogP contribution in [0.25, 0.3) is 11.5 Å². The van der Waals surface area contributed by atoms with E-state index >= 15 is 0 Å². The van der Waals surface area contributed by atoms with Gasteiger partial charge in [-0.05, 0) is 35.7 Å². The Hall–Kier alpha value is -4.31. The summed E-state index contributed by atoms with van der Waals surface area (Å²) in [4.78, 5) is 20.8. The van der Waals surface area contributed by atoms with Gasteiger partial charge in [-0.25, -0.2) is 4.98 Å². The molecule has 4 aromatic rings. The summed E-state index contributed by atoms with van der Waals surface area (Å²) in [6, 6.07) is 14.9. The number of carbonyl (C=O) groups excluding carboxylic acids is 1. The summed E-state index contributed by atoms with van der Waals surface area (Å²) in [5, 5.41) is 27.7. The van der Waals surface area contributed by atoms with E-state index in [-0.39, 0.29) is 12.5 Å². The molecule has 2 aromatic carbocycles. The highest BCUT2D eigenvalue weighted by molar-refractivity contribution is 5.94. The molecule has 10 nitrogen and oxygen atoms in total. The highest BCUT2D eigenvalue weighted by Crippen LogP contribution is 2.31. The van der Waals surface area contributed by atoms with Gasteiger partial charge in [-0.15, -0.1) is 10.2 Å². The van der Waals surface area contributed by atoms with Gasteiger partial charge >= 0.3 is 0 Å². The minimum atomic E-state index is -0.404. The Balaban J connectivity index is 1.47. The number of amides is 1. The Morgan fingerprint density at radius 3 is 2.77 bits per heavy atom. The first-order valence-corrected chi connectivity index (χ1v) is 11.4. The Morgan fingerprint density at radius 1 is 1.14 bits per heavy atom. The Kier molecular flexibility index (Phi) is 6.36. The third kappa shape index (κ3) is 4.97. The quantitative estimate of drug-likeness (QED) is 0.302. The van der Waals surface area contributed by atoms with Crippen molar-refractivity contribution in [3.8, 4) is 11.5 Å². The standard InChI is InChI=1S/C25H25N7O3/c1-2-22-31-32-24(35-22)18-13-26-25(27-17-9-10-19-16(12-17)8-11-21(34)28-19)30-23(18)29-20(14-33)15-6-4-3-5-7-15/h3-7,9-10,12-13,20,33H,2,8,11,14H2,1H3,(H,28,34)(H2,26,27,29,30)/t20-/m1/s1. The molecule has 0 radical (unpaired) electrons. The van der Waals surface area contributed by atoms with Crippen molar-refractivity contribution < 1.29 is 14.3 Å². The predicted octanol–water partition coefficient (Wildman–Crippen LogP) is 3.86. The number of aromatic nitrogens is 4. The van der Waals surface area contributed by atoms with Crippen LogP contribution in [0.2, 0.25) is 0 Å². The molecular weight excluding hydrogens is 446 g/mol. The van der Waals surface area contributed by atoms with Crippen molar-refractivity contribution in [2.24, 2.45) is 0 Å². The summed E-state index contributed by atoms with van der Waals surface area (Å²) in [5.74, 6) is 1.64. The largest absolute Gasteiger partial charge is 0.421 e. The fourth-order valence-electron chi connectivity index (χ4n) is 3.89. The van der Waals surface area contributed by atoms with E-state index in [1.165, 1.54) is 0 Å². The lowest BCUT2D eigenvalue weighted by Gasteiger charge is -2.20. The molecule has 0 saturated carbocycles. The lowest BCUT2D eigenvalue weighted by Crippen LogP contribution is -2.19. The van der Waals surface area contributed by atoms with Gasteiger partial charge in [-0.3, -0.25) is 4.79 Å². The second-order valence-electron chi connectivity index (χ2n) is 8.15. The molecule has 1 aliphatic rings. The lowest BCUT2D eigenvalue weighted by molar-refractivity contribution is -0.116. The number of benzene rings is 2. The zero-order valence-corrected chi connectivity index (χ0v) is 19.2. The molecule has 0 aliphatic carbocycles. The van der Waals surface area contributed by atoms with Gasteiger partial charge in [0, 0.05) is 30.4 Å². The fourth-order valence-corrected chi connectivity index (χ4v) is 3.89. The van der Waals surface area contributed by atoms with Crippen molar-refractivity contribution in [2.45, 2.75) is 32.2 Å². The molecule has 178 valence electrons. The van der Waals surface area contributed by atoms with E-state index in [0.717, 1.165) is 22.5 Å². The van der Waals surface area contributed by atoms with Crippen LogP contribution in [0.5, 0.6) is 0 Å².